The zero-order valence-corrected chi connectivity index (χ0v) is 7.43. The monoisotopic (exact) mass is 144 g/mol. The standard InChI is InChI=1S/C9H20O/c1-4-5-9(10)7-6-8(2)3/h8-10H,4-7H2,1-3H3/t9-/m1/s1. The van der Waals surface area contributed by atoms with E-state index in [2.05, 4.69) is 20.8 Å². The highest BCUT2D eigenvalue weighted by Crippen LogP contribution is 2.09. The normalized spacial score (nSPS) is 14.1. The average molecular weight is 144 g/mol. The summed E-state index contributed by atoms with van der Waals surface area (Å²) in [5.41, 5.74) is 0. The van der Waals surface area contributed by atoms with Crippen LogP contribution in [0.2, 0.25) is 0 Å². The molecule has 0 bridgehead atoms. The molecule has 0 unspecified atom stereocenters. The third kappa shape index (κ3) is 6.09. The van der Waals surface area contributed by atoms with E-state index in [0.29, 0.717) is 0 Å². The van der Waals surface area contributed by atoms with E-state index in [1.165, 1.54) is 0 Å². The lowest BCUT2D eigenvalue weighted by Crippen LogP contribution is -2.06. The van der Waals surface area contributed by atoms with Crippen molar-refractivity contribution < 1.29 is 5.11 Å². The van der Waals surface area contributed by atoms with Crippen LogP contribution < -0.4 is 0 Å². The summed E-state index contributed by atoms with van der Waals surface area (Å²) in [6.07, 6.45) is 4.14. The van der Waals surface area contributed by atoms with Crippen molar-refractivity contribution in [3.05, 3.63) is 0 Å². The van der Waals surface area contributed by atoms with Gasteiger partial charge in [-0.05, 0) is 25.2 Å². The molecule has 0 saturated heterocycles. The lowest BCUT2D eigenvalue weighted by atomic mass is 10.0. The minimum atomic E-state index is -0.0487. The fourth-order valence-electron chi connectivity index (χ4n) is 1.00. The van der Waals surface area contributed by atoms with Crippen molar-refractivity contribution in [3.8, 4) is 0 Å². The maximum Gasteiger partial charge on any atom is 0.0540 e. The largest absolute Gasteiger partial charge is 0.393 e. The van der Waals surface area contributed by atoms with E-state index in [4.69, 9.17) is 0 Å². The highest BCUT2D eigenvalue weighted by molar-refractivity contribution is 4.56. The van der Waals surface area contributed by atoms with Gasteiger partial charge >= 0.3 is 0 Å². The lowest BCUT2D eigenvalue weighted by Gasteiger charge is -2.09. The zero-order valence-electron chi connectivity index (χ0n) is 7.43. The van der Waals surface area contributed by atoms with E-state index in [-0.39, 0.29) is 6.10 Å². The Labute approximate surface area is 64.5 Å². The molecule has 1 N–H and O–H groups in total. The molecule has 0 aliphatic rings. The topological polar surface area (TPSA) is 20.2 Å². The van der Waals surface area contributed by atoms with Gasteiger partial charge < -0.3 is 5.11 Å². The molecule has 0 heterocycles. The first-order valence-electron chi connectivity index (χ1n) is 4.34. The summed E-state index contributed by atoms with van der Waals surface area (Å²) in [5, 5.41) is 9.30. The van der Waals surface area contributed by atoms with Crippen LogP contribution in [0.15, 0.2) is 0 Å². The minimum absolute atomic E-state index is 0.0487. The summed E-state index contributed by atoms with van der Waals surface area (Å²) in [6, 6.07) is 0. The molecule has 0 spiro atoms. The highest BCUT2D eigenvalue weighted by Gasteiger charge is 2.02. The number of rotatable bonds is 5. The third-order valence-electron chi connectivity index (χ3n) is 1.70. The van der Waals surface area contributed by atoms with Gasteiger partial charge in [-0.1, -0.05) is 27.2 Å². The highest BCUT2D eigenvalue weighted by atomic mass is 16.3. The molecular weight excluding hydrogens is 124 g/mol. The number of hydrogen-bond donors (Lipinski definition) is 1. The molecule has 0 saturated carbocycles. The average Bonchev–Trinajstić information content (AvgIpc) is 1.85. The maximum atomic E-state index is 9.30. The van der Waals surface area contributed by atoms with Crippen LogP contribution in [0.5, 0.6) is 0 Å². The molecule has 1 atom stereocenters. The maximum absolute atomic E-state index is 9.30. The molecule has 1 heteroatoms. The van der Waals surface area contributed by atoms with Crippen LogP contribution in [0.4, 0.5) is 0 Å². The van der Waals surface area contributed by atoms with Crippen molar-refractivity contribution in [3.63, 3.8) is 0 Å². The first-order valence-corrected chi connectivity index (χ1v) is 4.34. The van der Waals surface area contributed by atoms with Crippen LogP contribution in [0.3, 0.4) is 0 Å². The fourth-order valence-corrected chi connectivity index (χ4v) is 1.00. The number of hydrogen-bond acceptors (Lipinski definition) is 1. The predicted molar refractivity (Wildman–Crippen MR) is 45.0 cm³/mol. The summed E-state index contributed by atoms with van der Waals surface area (Å²) in [5.74, 6) is 0.728. The van der Waals surface area contributed by atoms with E-state index in [0.717, 1.165) is 31.6 Å². The van der Waals surface area contributed by atoms with E-state index in [9.17, 15) is 5.11 Å². The first-order chi connectivity index (χ1) is 4.66. The molecule has 0 aromatic carbocycles. The third-order valence-corrected chi connectivity index (χ3v) is 1.70. The second-order valence-corrected chi connectivity index (χ2v) is 3.41. The Kier molecular flexibility index (Phi) is 5.70. The van der Waals surface area contributed by atoms with Gasteiger partial charge in [-0.3, -0.25) is 0 Å². The Bertz CT molecular complexity index is 69.1. The molecular formula is C9H20O. The zero-order chi connectivity index (χ0) is 7.98. The summed E-state index contributed by atoms with van der Waals surface area (Å²) < 4.78 is 0. The molecule has 10 heavy (non-hydrogen) atoms. The quantitative estimate of drug-likeness (QED) is 0.628. The van der Waals surface area contributed by atoms with E-state index < -0.39 is 0 Å². The smallest absolute Gasteiger partial charge is 0.0540 e. The molecule has 0 radical (unpaired) electrons. The molecule has 0 amide bonds. The van der Waals surface area contributed by atoms with Crippen molar-refractivity contribution in [1.29, 1.82) is 0 Å². The number of aliphatic hydroxyl groups excluding tert-OH is 1. The Balaban J connectivity index is 3.12. The Morgan fingerprint density at radius 1 is 1.10 bits per heavy atom. The van der Waals surface area contributed by atoms with Gasteiger partial charge in [0.1, 0.15) is 0 Å². The summed E-state index contributed by atoms with van der Waals surface area (Å²) in [4.78, 5) is 0. The van der Waals surface area contributed by atoms with Crippen LogP contribution in [0.25, 0.3) is 0 Å². The molecule has 0 aliphatic carbocycles. The lowest BCUT2D eigenvalue weighted by molar-refractivity contribution is 0.146. The Morgan fingerprint density at radius 3 is 2.10 bits per heavy atom. The van der Waals surface area contributed by atoms with Crippen LogP contribution in [0, 0.1) is 5.92 Å². The number of aliphatic hydroxyl groups is 1. The van der Waals surface area contributed by atoms with Crippen LogP contribution >= 0.6 is 0 Å². The van der Waals surface area contributed by atoms with Crippen LogP contribution in [-0.2, 0) is 0 Å². The molecule has 0 aromatic heterocycles. The molecule has 0 fully saturated rings. The Morgan fingerprint density at radius 2 is 1.70 bits per heavy atom. The molecule has 62 valence electrons. The van der Waals surface area contributed by atoms with Crippen molar-refractivity contribution in [1.82, 2.24) is 0 Å². The minimum Gasteiger partial charge on any atom is -0.393 e. The van der Waals surface area contributed by atoms with Crippen LogP contribution in [-0.4, -0.2) is 11.2 Å². The van der Waals surface area contributed by atoms with Crippen molar-refractivity contribution >= 4 is 0 Å². The van der Waals surface area contributed by atoms with Gasteiger partial charge in [-0.25, -0.2) is 0 Å². The predicted octanol–water partition coefficient (Wildman–Crippen LogP) is 2.58. The second-order valence-electron chi connectivity index (χ2n) is 3.41. The van der Waals surface area contributed by atoms with Gasteiger partial charge in [0.2, 0.25) is 0 Å². The van der Waals surface area contributed by atoms with Gasteiger partial charge in [-0.2, -0.15) is 0 Å². The van der Waals surface area contributed by atoms with E-state index in [1.54, 1.807) is 0 Å². The van der Waals surface area contributed by atoms with Crippen LogP contribution in [0.1, 0.15) is 46.5 Å². The molecule has 0 rings (SSSR count). The van der Waals surface area contributed by atoms with Gasteiger partial charge in [0.05, 0.1) is 6.10 Å². The second kappa shape index (κ2) is 5.72. The van der Waals surface area contributed by atoms with Gasteiger partial charge in [0, 0.05) is 0 Å². The summed E-state index contributed by atoms with van der Waals surface area (Å²) >= 11 is 0. The van der Waals surface area contributed by atoms with Crippen molar-refractivity contribution in [2.45, 2.75) is 52.6 Å². The molecule has 0 aromatic rings. The van der Waals surface area contributed by atoms with E-state index in [1.807, 2.05) is 0 Å². The fraction of sp³-hybridized carbons (Fsp3) is 1.00. The molecule has 0 aliphatic heterocycles. The van der Waals surface area contributed by atoms with Gasteiger partial charge in [0.25, 0.3) is 0 Å². The Hall–Kier alpha value is -0.0400. The SMILES string of the molecule is CCC[C@@H](O)CCC(C)C. The first kappa shape index (κ1) is 9.96. The summed E-state index contributed by atoms with van der Waals surface area (Å²) in [6.45, 7) is 6.50. The van der Waals surface area contributed by atoms with Gasteiger partial charge in [-0.15, -0.1) is 0 Å². The summed E-state index contributed by atoms with van der Waals surface area (Å²) in [7, 11) is 0. The molecule has 1 nitrogen and oxygen atoms in total. The van der Waals surface area contributed by atoms with Gasteiger partial charge in [0.15, 0.2) is 0 Å². The van der Waals surface area contributed by atoms with Crippen molar-refractivity contribution in [2.24, 2.45) is 5.92 Å². The van der Waals surface area contributed by atoms with E-state index >= 15 is 0 Å². The van der Waals surface area contributed by atoms with Crippen molar-refractivity contribution in [2.75, 3.05) is 0 Å².